The van der Waals surface area contributed by atoms with Gasteiger partial charge in [0.05, 0.1) is 29.1 Å². The minimum atomic E-state index is 0.151. The molecule has 0 aliphatic carbocycles. The van der Waals surface area contributed by atoms with E-state index in [0.29, 0.717) is 18.4 Å². The molecule has 0 saturated carbocycles. The van der Waals surface area contributed by atoms with Crippen LogP contribution in [0.15, 0.2) is 17.2 Å². The number of hydrogen-bond donors (Lipinski definition) is 0. The summed E-state index contributed by atoms with van der Waals surface area (Å²) in [6, 6.07) is 0. The van der Waals surface area contributed by atoms with Crippen molar-refractivity contribution in [1.82, 2.24) is 9.88 Å². The Kier molecular flexibility index (Phi) is 4.29. The second kappa shape index (κ2) is 6.18. The van der Waals surface area contributed by atoms with Gasteiger partial charge in [0.25, 0.3) is 5.91 Å². The van der Waals surface area contributed by atoms with Crippen LogP contribution in [-0.2, 0) is 9.53 Å². The van der Waals surface area contributed by atoms with E-state index in [0.717, 1.165) is 37.9 Å². The molecule has 0 aromatic carbocycles. The molecule has 1 amide bonds. The van der Waals surface area contributed by atoms with E-state index in [2.05, 4.69) is 19.2 Å². The number of likely N-dealkylation sites (tertiary alicyclic amines) is 1. The highest BCUT2D eigenvalue weighted by Gasteiger charge is 2.29. The first kappa shape index (κ1) is 14.6. The quantitative estimate of drug-likeness (QED) is 0.860. The summed E-state index contributed by atoms with van der Waals surface area (Å²) in [5.74, 6) is 1.01. The normalized spacial score (nSPS) is 22.3. The number of carbonyl (C=O) groups is 1. The maximum absolute atomic E-state index is 12.5. The van der Waals surface area contributed by atoms with Crippen LogP contribution in [0.1, 0.15) is 55.6 Å². The van der Waals surface area contributed by atoms with Crippen LogP contribution < -0.4 is 0 Å². The highest BCUT2D eigenvalue weighted by molar-refractivity contribution is 7.09. The molecule has 0 unspecified atom stereocenters. The van der Waals surface area contributed by atoms with E-state index >= 15 is 0 Å². The molecule has 21 heavy (non-hydrogen) atoms. The Labute approximate surface area is 129 Å². The van der Waals surface area contributed by atoms with Crippen molar-refractivity contribution in [2.45, 2.75) is 44.9 Å². The topological polar surface area (TPSA) is 42.4 Å². The van der Waals surface area contributed by atoms with Crippen LogP contribution in [0.2, 0.25) is 0 Å². The molecule has 5 heteroatoms. The maximum atomic E-state index is 12.5. The fourth-order valence-electron chi connectivity index (χ4n) is 2.86. The average Bonchev–Trinajstić information content (AvgIpc) is 3.18. The number of carbonyl (C=O) groups excluding carboxylic acids is 1. The van der Waals surface area contributed by atoms with Crippen molar-refractivity contribution in [3.8, 4) is 0 Å². The second-order valence-corrected chi connectivity index (χ2v) is 7.01. The van der Waals surface area contributed by atoms with Crippen LogP contribution in [-0.4, -0.2) is 35.5 Å². The van der Waals surface area contributed by atoms with Crippen LogP contribution in [0.4, 0.5) is 0 Å². The highest BCUT2D eigenvalue weighted by Crippen LogP contribution is 2.31. The number of piperidine rings is 1. The Hall–Kier alpha value is -1.36. The van der Waals surface area contributed by atoms with Crippen molar-refractivity contribution in [3.63, 3.8) is 0 Å². The van der Waals surface area contributed by atoms with Crippen molar-refractivity contribution < 1.29 is 9.53 Å². The van der Waals surface area contributed by atoms with E-state index in [4.69, 9.17) is 9.72 Å². The number of ether oxygens (including phenoxy) is 1. The molecule has 0 radical (unpaired) electrons. The number of rotatable bonds is 3. The summed E-state index contributed by atoms with van der Waals surface area (Å²) >= 11 is 1.74. The Bertz CT molecular complexity index is 550. The van der Waals surface area contributed by atoms with Crippen molar-refractivity contribution in [2.75, 3.05) is 19.7 Å². The number of thiazole rings is 1. The SMILES string of the molecule is CC(C)c1csc([C@H]2CCCN(C(=O)C3=COCC3)C2)n1. The summed E-state index contributed by atoms with van der Waals surface area (Å²) in [6.07, 6.45) is 4.56. The zero-order valence-corrected chi connectivity index (χ0v) is 13.5. The highest BCUT2D eigenvalue weighted by atomic mass is 32.1. The van der Waals surface area contributed by atoms with Gasteiger partial charge in [-0.05, 0) is 18.8 Å². The molecule has 4 nitrogen and oxygen atoms in total. The van der Waals surface area contributed by atoms with Crippen molar-refractivity contribution in [1.29, 1.82) is 0 Å². The summed E-state index contributed by atoms with van der Waals surface area (Å²) in [5, 5.41) is 3.35. The van der Waals surface area contributed by atoms with Crippen molar-refractivity contribution in [2.24, 2.45) is 0 Å². The largest absolute Gasteiger partial charge is 0.500 e. The van der Waals surface area contributed by atoms with E-state index in [1.807, 2.05) is 4.90 Å². The van der Waals surface area contributed by atoms with Crippen LogP contribution in [0.5, 0.6) is 0 Å². The van der Waals surface area contributed by atoms with Crippen LogP contribution in [0, 0.1) is 0 Å². The van der Waals surface area contributed by atoms with E-state index in [-0.39, 0.29) is 5.91 Å². The van der Waals surface area contributed by atoms with Gasteiger partial charge in [-0.25, -0.2) is 4.98 Å². The lowest BCUT2D eigenvalue weighted by Crippen LogP contribution is -2.39. The van der Waals surface area contributed by atoms with Crippen LogP contribution in [0.3, 0.4) is 0 Å². The van der Waals surface area contributed by atoms with E-state index in [1.54, 1.807) is 17.6 Å². The molecule has 1 atom stereocenters. The lowest BCUT2D eigenvalue weighted by molar-refractivity contribution is -0.128. The zero-order chi connectivity index (χ0) is 14.8. The number of aromatic nitrogens is 1. The van der Waals surface area contributed by atoms with Crippen molar-refractivity contribution in [3.05, 3.63) is 27.9 Å². The van der Waals surface area contributed by atoms with Gasteiger partial charge in [0.1, 0.15) is 0 Å². The molecular formula is C16H22N2O2S. The Morgan fingerprint density at radius 1 is 1.52 bits per heavy atom. The summed E-state index contributed by atoms with van der Waals surface area (Å²) in [6.45, 7) is 6.63. The number of nitrogens with zero attached hydrogens (tertiary/aromatic N) is 2. The number of amides is 1. The first-order valence-corrected chi connectivity index (χ1v) is 8.58. The molecule has 2 aliphatic heterocycles. The average molecular weight is 306 g/mol. The van der Waals surface area contributed by atoms with Gasteiger partial charge in [-0.3, -0.25) is 4.79 Å². The van der Waals surface area contributed by atoms with Crippen LogP contribution in [0.25, 0.3) is 0 Å². The molecule has 3 heterocycles. The van der Waals surface area contributed by atoms with Gasteiger partial charge in [0, 0.05) is 30.8 Å². The summed E-state index contributed by atoms with van der Waals surface area (Å²) in [7, 11) is 0. The molecule has 1 aromatic rings. The Balaban J connectivity index is 1.68. The van der Waals surface area contributed by atoms with Gasteiger partial charge in [0.2, 0.25) is 0 Å². The van der Waals surface area contributed by atoms with Gasteiger partial charge < -0.3 is 9.64 Å². The minimum absolute atomic E-state index is 0.151. The summed E-state index contributed by atoms with van der Waals surface area (Å²) in [4.78, 5) is 19.2. The number of hydrogen-bond acceptors (Lipinski definition) is 4. The molecule has 1 aromatic heterocycles. The van der Waals surface area contributed by atoms with Gasteiger partial charge in [-0.2, -0.15) is 0 Å². The smallest absolute Gasteiger partial charge is 0.253 e. The van der Waals surface area contributed by atoms with Gasteiger partial charge in [0.15, 0.2) is 0 Å². The minimum Gasteiger partial charge on any atom is -0.500 e. The molecule has 0 N–H and O–H groups in total. The predicted molar refractivity (Wildman–Crippen MR) is 83.4 cm³/mol. The monoisotopic (exact) mass is 306 g/mol. The van der Waals surface area contributed by atoms with Gasteiger partial charge >= 0.3 is 0 Å². The predicted octanol–water partition coefficient (Wildman–Crippen LogP) is 3.28. The molecular weight excluding hydrogens is 284 g/mol. The molecule has 1 saturated heterocycles. The lowest BCUT2D eigenvalue weighted by atomic mass is 9.97. The van der Waals surface area contributed by atoms with Crippen molar-refractivity contribution >= 4 is 17.2 Å². The van der Waals surface area contributed by atoms with Gasteiger partial charge in [-0.15, -0.1) is 11.3 Å². The van der Waals surface area contributed by atoms with E-state index in [9.17, 15) is 4.79 Å². The van der Waals surface area contributed by atoms with E-state index < -0.39 is 0 Å². The Morgan fingerprint density at radius 2 is 2.38 bits per heavy atom. The fraction of sp³-hybridized carbons (Fsp3) is 0.625. The summed E-state index contributed by atoms with van der Waals surface area (Å²) in [5.41, 5.74) is 1.99. The first-order chi connectivity index (χ1) is 10.1. The second-order valence-electron chi connectivity index (χ2n) is 6.12. The third-order valence-electron chi connectivity index (χ3n) is 4.18. The van der Waals surface area contributed by atoms with Crippen LogP contribution >= 0.6 is 11.3 Å². The molecule has 114 valence electrons. The fourth-order valence-corrected chi connectivity index (χ4v) is 3.97. The first-order valence-electron chi connectivity index (χ1n) is 7.70. The molecule has 2 aliphatic rings. The standard InChI is InChI=1S/C16H22N2O2S/c1-11(2)14-10-21-15(17-14)12-4-3-6-18(8-12)16(19)13-5-7-20-9-13/h9-12H,3-8H2,1-2H3/t12-/m0/s1. The molecule has 1 fully saturated rings. The third kappa shape index (κ3) is 3.12. The van der Waals surface area contributed by atoms with E-state index in [1.165, 1.54) is 10.7 Å². The Morgan fingerprint density at radius 3 is 3.05 bits per heavy atom. The summed E-state index contributed by atoms with van der Waals surface area (Å²) < 4.78 is 5.19. The lowest BCUT2D eigenvalue weighted by Gasteiger charge is -2.32. The zero-order valence-electron chi connectivity index (χ0n) is 12.7. The molecule has 0 bridgehead atoms. The molecule has 3 rings (SSSR count). The third-order valence-corrected chi connectivity index (χ3v) is 5.20. The molecule has 0 spiro atoms. The van der Waals surface area contributed by atoms with Gasteiger partial charge in [-0.1, -0.05) is 13.8 Å². The maximum Gasteiger partial charge on any atom is 0.253 e.